The maximum absolute atomic E-state index is 11.8. The van der Waals surface area contributed by atoms with E-state index >= 15 is 0 Å². The summed E-state index contributed by atoms with van der Waals surface area (Å²) in [6.07, 6.45) is 2.52. The van der Waals surface area contributed by atoms with Crippen molar-refractivity contribution in [1.82, 2.24) is 24.6 Å². The second kappa shape index (κ2) is 8.15. The van der Waals surface area contributed by atoms with Crippen LogP contribution in [0.4, 0.5) is 11.6 Å². The topological polar surface area (TPSA) is 155 Å². The second-order valence-corrected chi connectivity index (χ2v) is 7.85. The number of benzene rings is 1. The first kappa shape index (κ1) is 20.9. The van der Waals surface area contributed by atoms with Crippen LogP contribution in [0.5, 0.6) is 0 Å². The van der Waals surface area contributed by atoms with Gasteiger partial charge in [-0.2, -0.15) is 0 Å². The monoisotopic (exact) mass is 444 g/mol. The molecule has 0 atom stereocenters. The van der Waals surface area contributed by atoms with Gasteiger partial charge in [-0.15, -0.1) is 10.2 Å². The van der Waals surface area contributed by atoms with E-state index in [9.17, 15) is 14.8 Å². The largest absolute Gasteiger partial charge is 0.488 e. The number of hydrogen-bond donors (Lipinski definition) is 4. The van der Waals surface area contributed by atoms with E-state index in [2.05, 4.69) is 15.5 Å². The lowest BCUT2D eigenvalue weighted by molar-refractivity contribution is 0.100. The molecule has 1 aromatic carbocycles. The normalized spacial score (nSPS) is 12.8. The molecule has 1 aliphatic rings. The Hall–Kier alpha value is -4.03. The van der Waals surface area contributed by atoms with Gasteiger partial charge in [-0.1, -0.05) is 24.3 Å². The molecule has 1 amide bonds. The lowest BCUT2D eigenvalue weighted by Crippen LogP contribution is -2.30. The molecule has 33 heavy (non-hydrogen) atoms. The maximum Gasteiger partial charge on any atom is 0.488 e. The van der Waals surface area contributed by atoms with Gasteiger partial charge in [0, 0.05) is 31.9 Å². The molecule has 0 saturated heterocycles. The molecule has 5 rings (SSSR count). The van der Waals surface area contributed by atoms with Crippen molar-refractivity contribution in [3.63, 3.8) is 0 Å². The average Bonchev–Trinajstić information content (AvgIpc) is 3.41. The number of carbonyl (C=O) groups excluding carboxylic acids is 1. The van der Waals surface area contributed by atoms with Crippen LogP contribution in [0, 0.1) is 0 Å². The van der Waals surface area contributed by atoms with Gasteiger partial charge < -0.3 is 26.0 Å². The molecule has 0 saturated carbocycles. The molecule has 11 nitrogen and oxygen atoms in total. The predicted octanol–water partition coefficient (Wildman–Crippen LogP) is -0.431. The van der Waals surface area contributed by atoms with Gasteiger partial charge in [0.15, 0.2) is 5.65 Å². The summed E-state index contributed by atoms with van der Waals surface area (Å²) in [6.45, 7) is 1.24. The Labute approximate surface area is 189 Å². The van der Waals surface area contributed by atoms with Crippen LogP contribution in [0.2, 0.25) is 0 Å². The fraction of sp³-hybridized carbons (Fsp3) is 0.190. The first-order chi connectivity index (χ1) is 15.9. The number of nitrogens with zero attached hydrogens (tertiary/aromatic N) is 6. The standard InChI is InChI=1S/C21H21BN8O3/c1-29-9-7-15-17(24-11-12-4-2-5-13(10-12)22(32)33)25-18(26-19(15)29)21-28-27-20-14(16(23)31)6-3-8-30(20)21/h2-6,8,10,32-33H,7,9,11H2,1H3,(H2,23,31)(H,24,25,26). The molecule has 1 aliphatic heterocycles. The van der Waals surface area contributed by atoms with Crippen LogP contribution in [0.25, 0.3) is 17.3 Å². The van der Waals surface area contributed by atoms with E-state index in [-0.39, 0.29) is 5.56 Å². The lowest BCUT2D eigenvalue weighted by atomic mass is 9.79. The molecule has 5 N–H and O–H groups in total. The Bertz CT molecular complexity index is 1370. The highest BCUT2D eigenvalue weighted by Crippen LogP contribution is 2.32. The third kappa shape index (κ3) is 3.75. The van der Waals surface area contributed by atoms with E-state index in [1.165, 1.54) is 0 Å². The Morgan fingerprint density at radius 2 is 2.06 bits per heavy atom. The number of nitrogens with two attached hydrogens (primary N) is 1. The van der Waals surface area contributed by atoms with Gasteiger partial charge in [0.05, 0.1) is 5.56 Å². The molecule has 4 aromatic rings. The van der Waals surface area contributed by atoms with Crippen LogP contribution in [0.15, 0.2) is 42.6 Å². The maximum atomic E-state index is 11.8. The smallest absolute Gasteiger partial charge is 0.423 e. The number of fused-ring (bicyclic) bond motifs is 2. The highest BCUT2D eigenvalue weighted by Gasteiger charge is 2.26. The summed E-state index contributed by atoms with van der Waals surface area (Å²) in [7, 11) is 0.436. The third-order valence-corrected chi connectivity index (χ3v) is 5.65. The van der Waals surface area contributed by atoms with E-state index in [4.69, 9.17) is 15.7 Å². The van der Waals surface area contributed by atoms with Crippen molar-refractivity contribution in [2.24, 2.45) is 5.73 Å². The Morgan fingerprint density at radius 1 is 1.21 bits per heavy atom. The fourth-order valence-electron chi connectivity index (χ4n) is 3.96. The summed E-state index contributed by atoms with van der Waals surface area (Å²) >= 11 is 0. The Balaban J connectivity index is 1.55. The van der Waals surface area contributed by atoms with E-state index in [0.717, 1.165) is 29.9 Å². The van der Waals surface area contributed by atoms with Gasteiger partial charge in [-0.25, -0.2) is 9.97 Å². The van der Waals surface area contributed by atoms with Crippen LogP contribution < -0.4 is 21.4 Å². The lowest BCUT2D eigenvalue weighted by Gasteiger charge is -2.15. The SMILES string of the molecule is CN1CCc2c(NCc3cccc(B(O)O)c3)nc(-c3nnc4c(C(N)=O)cccn34)nc21. The van der Waals surface area contributed by atoms with Gasteiger partial charge >= 0.3 is 7.12 Å². The molecule has 0 radical (unpaired) electrons. The minimum atomic E-state index is -1.53. The van der Waals surface area contributed by atoms with Crippen molar-refractivity contribution in [2.45, 2.75) is 13.0 Å². The highest BCUT2D eigenvalue weighted by molar-refractivity contribution is 6.58. The summed E-state index contributed by atoms with van der Waals surface area (Å²) in [4.78, 5) is 23.3. The van der Waals surface area contributed by atoms with Gasteiger partial charge in [0.2, 0.25) is 11.6 Å². The molecular formula is C21H21BN8O3. The number of likely N-dealkylation sites (N-methyl/N-ethyl adjacent to an activating group) is 1. The van der Waals surface area contributed by atoms with Gasteiger partial charge in [0.25, 0.3) is 5.91 Å². The fourth-order valence-corrected chi connectivity index (χ4v) is 3.96. The second-order valence-electron chi connectivity index (χ2n) is 7.85. The predicted molar refractivity (Wildman–Crippen MR) is 123 cm³/mol. The van der Waals surface area contributed by atoms with Crippen molar-refractivity contribution < 1.29 is 14.8 Å². The number of hydrogen-bond acceptors (Lipinski definition) is 9. The molecule has 0 fully saturated rings. The number of anilines is 2. The number of primary amides is 1. The average molecular weight is 444 g/mol. The zero-order valence-electron chi connectivity index (χ0n) is 17.8. The quantitative estimate of drug-likeness (QED) is 0.290. The number of carbonyl (C=O) groups is 1. The molecule has 12 heteroatoms. The highest BCUT2D eigenvalue weighted by atomic mass is 16.4. The molecule has 0 bridgehead atoms. The van der Waals surface area contributed by atoms with Crippen LogP contribution in [0.3, 0.4) is 0 Å². The molecule has 4 heterocycles. The van der Waals surface area contributed by atoms with Crippen molar-refractivity contribution in [3.8, 4) is 11.6 Å². The molecule has 0 aliphatic carbocycles. The van der Waals surface area contributed by atoms with Crippen LogP contribution in [-0.4, -0.2) is 61.2 Å². The Kier molecular flexibility index (Phi) is 5.15. The molecular weight excluding hydrogens is 423 g/mol. The first-order valence-electron chi connectivity index (χ1n) is 10.4. The zero-order chi connectivity index (χ0) is 23.1. The Morgan fingerprint density at radius 3 is 2.85 bits per heavy atom. The van der Waals surface area contributed by atoms with Gasteiger partial charge in [-0.05, 0) is 29.6 Å². The van der Waals surface area contributed by atoms with E-state index in [0.29, 0.717) is 35.1 Å². The van der Waals surface area contributed by atoms with E-state index in [1.54, 1.807) is 40.9 Å². The third-order valence-electron chi connectivity index (χ3n) is 5.65. The van der Waals surface area contributed by atoms with Gasteiger partial charge in [0.1, 0.15) is 11.6 Å². The first-order valence-corrected chi connectivity index (χ1v) is 10.4. The summed E-state index contributed by atoms with van der Waals surface area (Å²) in [6, 6.07) is 10.3. The zero-order valence-corrected chi connectivity index (χ0v) is 17.8. The summed E-state index contributed by atoms with van der Waals surface area (Å²) < 4.78 is 1.65. The summed E-state index contributed by atoms with van der Waals surface area (Å²) in [5.74, 6) is 1.62. The van der Waals surface area contributed by atoms with Crippen molar-refractivity contribution >= 4 is 35.8 Å². The van der Waals surface area contributed by atoms with Crippen molar-refractivity contribution in [1.29, 1.82) is 0 Å². The number of amides is 1. The minimum absolute atomic E-state index is 0.263. The number of nitrogens with one attached hydrogen (secondary N) is 1. The van der Waals surface area contributed by atoms with Crippen LogP contribution in [0.1, 0.15) is 21.5 Å². The molecule has 0 spiro atoms. The van der Waals surface area contributed by atoms with Crippen molar-refractivity contribution in [3.05, 3.63) is 59.3 Å². The molecule has 0 unspecified atom stereocenters. The van der Waals surface area contributed by atoms with Crippen LogP contribution in [-0.2, 0) is 13.0 Å². The number of rotatable bonds is 6. The minimum Gasteiger partial charge on any atom is -0.423 e. The summed E-state index contributed by atoms with van der Waals surface area (Å²) in [5, 5.41) is 30.6. The van der Waals surface area contributed by atoms with E-state index < -0.39 is 13.0 Å². The number of aromatic nitrogens is 5. The summed E-state index contributed by atoms with van der Waals surface area (Å²) in [5.41, 5.74) is 8.36. The number of pyridine rings is 1. The molecule has 166 valence electrons. The van der Waals surface area contributed by atoms with E-state index in [1.807, 2.05) is 18.0 Å². The van der Waals surface area contributed by atoms with Gasteiger partial charge in [-0.3, -0.25) is 9.20 Å². The van der Waals surface area contributed by atoms with Crippen LogP contribution >= 0.6 is 0 Å². The molecule has 3 aromatic heterocycles. The van der Waals surface area contributed by atoms with Crippen molar-refractivity contribution in [2.75, 3.05) is 23.8 Å².